The summed E-state index contributed by atoms with van der Waals surface area (Å²) in [6, 6.07) is 8.67. The molecule has 3 heteroatoms. The molecule has 0 amide bonds. The molecule has 0 heterocycles. The third-order valence-electron chi connectivity index (χ3n) is 3.88. The molecule has 1 aromatic rings. The Bertz CT molecular complexity index is 443. The van der Waals surface area contributed by atoms with Gasteiger partial charge in [-0.1, -0.05) is 32.9 Å². The number of hydrogen-bond acceptors (Lipinski definition) is 2. The highest BCUT2D eigenvalue weighted by Crippen LogP contribution is 2.33. The van der Waals surface area contributed by atoms with Crippen molar-refractivity contribution in [1.29, 1.82) is 0 Å². The number of benzene rings is 1. The Morgan fingerprint density at radius 2 is 1.84 bits per heavy atom. The largest absolute Gasteiger partial charge is 0.316 e. The van der Waals surface area contributed by atoms with E-state index in [0.717, 1.165) is 16.6 Å². The average Bonchev–Trinajstić information content (AvgIpc) is 3.19. The van der Waals surface area contributed by atoms with E-state index in [1.807, 2.05) is 19.2 Å². The Balaban J connectivity index is 2.03. The van der Waals surface area contributed by atoms with Crippen LogP contribution in [0.5, 0.6) is 0 Å². The van der Waals surface area contributed by atoms with Crippen LogP contribution in [0, 0.1) is 5.92 Å². The topological polar surface area (TPSA) is 29.1 Å². The van der Waals surface area contributed by atoms with Crippen LogP contribution in [0.4, 0.5) is 0 Å². The molecule has 1 aromatic carbocycles. The summed E-state index contributed by atoms with van der Waals surface area (Å²) >= 11 is 0. The van der Waals surface area contributed by atoms with Crippen molar-refractivity contribution in [2.45, 2.75) is 50.0 Å². The molecule has 106 valence electrons. The predicted octanol–water partition coefficient (Wildman–Crippen LogP) is 3.09. The monoisotopic (exact) mass is 279 g/mol. The van der Waals surface area contributed by atoms with E-state index >= 15 is 0 Å². The van der Waals surface area contributed by atoms with E-state index in [1.54, 1.807) is 0 Å². The van der Waals surface area contributed by atoms with Crippen molar-refractivity contribution < 1.29 is 4.21 Å². The lowest BCUT2D eigenvalue weighted by molar-refractivity contribution is 0.546. The van der Waals surface area contributed by atoms with Gasteiger partial charge in [0.25, 0.3) is 0 Å². The van der Waals surface area contributed by atoms with Gasteiger partial charge in [0.15, 0.2) is 0 Å². The molecule has 2 atom stereocenters. The Labute approximate surface area is 119 Å². The van der Waals surface area contributed by atoms with Crippen LogP contribution in [0.2, 0.25) is 0 Å². The van der Waals surface area contributed by atoms with Crippen LogP contribution < -0.4 is 5.32 Å². The van der Waals surface area contributed by atoms with Gasteiger partial charge in [0, 0.05) is 16.7 Å². The van der Waals surface area contributed by atoms with Crippen molar-refractivity contribution in [3.63, 3.8) is 0 Å². The molecule has 1 aliphatic carbocycles. The molecule has 0 spiro atoms. The molecular formula is C16H25NOS. The van der Waals surface area contributed by atoms with Crippen molar-refractivity contribution in [3.8, 4) is 0 Å². The van der Waals surface area contributed by atoms with Gasteiger partial charge in [0.05, 0.1) is 10.8 Å². The van der Waals surface area contributed by atoms with E-state index in [0.29, 0.717) is 6.04 Å². The van der Waals surface area contributed by atoms with Crippen molar-refractivity contribution in [2.75, 3.05) is 12.8 Å². The SMILES string of the molecule is CNC(CS(=O)c1ccc(C(C)(C)C)cc1)C1CC1. The van der Waals surface area contributed by atoms with Crippen LogP contribution in [-0.2, 0) is 16.2 Å². The molecule has 19 heavy (non-hydrogen) atoms. The molecule has 1 N–H and O–H groups in total. The van der Waals surface area contributed by atoms with E-state index in [9.17, 15) is 4.21 Å². The summed E-state index contributed by atoms with van der Waals surface area (Å²) in [5, 5.41) is 3.31. The highest BCUT2D eigenvalue weighted by molar-refractivity contribution is 7.85. The standard InChI is InChI=1S/C16H25NOS/c1-16(2,3)13-7-9-14(10-8-13)19(18)11-15(17-4)12-5-6-12/h7-10,12,15,17H,5-6,11H2,1-4H3. The van der Waals surface area contributed by atoms with E-state index in [4.69, 9.17) is 0 Å². The van der Waals surface area contributed by atoms with Crippen LogP contribution in [-0.4, -0.2) is 23.1 Å². The van der Waals surface area contributed by atoms with Gasteiger partial charge in [-0.3, -0.25) is 4.21 Å². The fourth-order valence-electron chi connectivity index (χ4n) is 2.32. The second-order valence-electron chi connectivity index (χ2n) is 6.52. The third kappa shape index (κ3) is 3.90. The molecule has 0 aliphatic heterocycles. The molecule has 1 aliphatic rings. The zero-order valence-corrected chi connectivity index (χ0v) is 13.2. The van der Waals surface area contributed by atoms with Crippen LogP contribution in [0.3, 0.4) is 0 Å². The lowest BCUT2D eigenvalue weighted by Gasteiger charge is -2.19. The quantitative estimate of drug-likeness (QED) is 0.897. The van der Waals surface area contributed by atoms with Crippen LogP contribution >= 0.6 is 0 Å². The first-order valence-electron chi connectivity index (χ1n) is 7.08. The summed E-state index contributed by atoms with van der Waals surface area (Å²) in [7, 11) is 1.08. The summed E-state index contributed by atoms with van der Waals surface area (Å²) in [5.74, 6) is 1.47. The van der Waals surface area contributed by atoms with Crippen LogP contribution in [0.25, 0.3) is 0 Å². The lowest BCUT2D eigenvalue weighted by Crippen LogP contribution is -2.33. The summed E-state index contributed by atoms with van der Waals surface area (Å²) in [5.41, 5.74) is 1.45. The average molecular weight is 279 g/mol. The number of nitrogens with one attached hydrogen (secondary N) is 1. The molecule has 0 bridgehead atoms. The lowest BCUT2D eigenvalue weighted by atomic mass is 9.87. The Kier molecular flexibility index (Phi) is 4.46. The molecule has 0 radical (unpaired) electrons. The minimum absolute atomic E-state index is 0.154. The molecule has 2 unspecified atom stereocenters. The summed E-state index contributed by atoms with van der Waals surface area (Å²) < 4.78 is 12.4. The molecule has 2 nitrogen and oxygen atoms in total. The van der Waals surface area contributed by atoms with E-state index in [-0.39, 0.29) is 5.41 Å². The second-order valence-corrected chi connectivity index (χ2v) is 8.01. The van der Waals surface area contributed by atoms with Gasteiger partial charge in [-0.2, -0.15) is 0 Å². The van der Waals surface area contributed by atoms with Crippen molar-refractivity contribution in [1.82, 2.24) is 5.32 Å². The molecule has 0 saturated heterocycles. The minimum atomic E-state index is -0.891. The Hall–Kier alpha value is -0.670. The second kappa shape index (κ2) is 5.76. The molecule has 1 saturated carbocycles. The third-order valence-corrected chi connectivity index (χ3v) is 5.34. The van der Waals surface area contributed by atoms with Crippen molar-refractivity contribution >= 4 is 10.8 Å². The predicted molar refractivity (Wildman–Crippen MR) is 82.0 cm³/mol. The van der Waals surface area contributed by atoms with Gasteiger partial charge in [0.2, 0.25) is 0 Å². The first-order valence-corrected chi connectivity index (χ1v) is 8.40. The molecular weight excluding hydrogens is 254 g/mol. The normalized spacial score (nSPS) is 19.2. The van der Waals surface area contributed by atoms with Crippen LogP contribution in [0.15, 0.2) is 29.2 Å². The van der Waals surface area contributed by atoms with Crippen LogP contribution in [0.1, 0.15) is 39.2 Å². The van der Waals surface area contributed by atoms with Gasteiger partial charge in [-0.15, -0.1) is 0 Å². The molecule has 2 rings (SSSR count). The highest BCUT2D eigenvalue weighted by atomic mass is 32.2. The van der Waals surface area contributed by atoms with Gasteiger partial charge in [0.1, 0.15) is 0 Å². The van der Waals surface area contributed by atoms with Gasteiger partial charge < -0.3 is 5.32 Å². The fraction of sp³-hybridized carbons (Fsp3) is 0.625. The molecule has 0 aromatic heterocycles. The van der Waals surface area contributed by atoms with E-state index in [2.05, 4.69) is 38.2 Å². The van der Waals surface area contributed by atoms with E-state index in [1.165, 1.54) is 18.4 Å². The summed E-state index contributed by atoms with van der Waals surface area (Å²) in [6.45, 7) is 6.59. The number of hydrogen-bond donors (Lipinski definition) is 1. The maximum Gasteiger partial charge on any atom is 0.0545 e. The zero-order chi connectivity index (χ0) is 14.0. The Morgan fingerprint density at radius 3 is 2.26 bits per heavy atom. The maximum atomic E-state index is 12.4. The Morgan fingerprint density at radius 1 is 1.26 bits per heavy atom. The van der Waals surface area contributed by atoms with Crippen molar-refractivity contribution in [2.24, 2.45) is 5.92 Å². The zero-order valence-electron chi connectivity index (χ0n) is 12.4. The number of rotatable bonds is 5. The van der Waals surface area contributed by atoms with Gasteiger partial charge >= 0.3 is 0 Å². The van der Waals surface area contributed by atoms with Crippen molar-refractivity contribution in [3.05, 3.63) is 29.8 Å². The first kappa shape index (κ1) is 14.7. The fourth-order valence-corrected chi connectivity index (χ4v) is 3.72. The smallest absolute Gasteiger partial charge is 0.0545 e. The first-order chi connectivity index (χ1) is 8.91. The molecule has 1 fully saturated rings. The van der Waals surface area contributed by atoms with E-state index < -0.39 is 10.8 Å². The highest BCUT2D eigenvalue weighted by Gasteiger charge is 2.31. The minimum Gasteiger partial charge on any atom is -0.316 e. The van der Waals surface area contributed by atoms with Gasteiger partial charge in [-0.05, 0) is 48.9 Å². The van der Waals surface area contributed by atoms with Gasteiger partial charge in [-0.25, -0.2) is 0 Å². The maximum absolute atomic E-state index is 12.4. The summed E-state index contributed by atoms with van der Waals surface area (Å²) in [4.78, 5) is 0.953. The summed E-state index contributed by atoms with van der Waals surface area (Å²) in [6.07, 6.45) is 2.57.